The van der Waals surface area contributed by atoms with Gasteiger partial charge in [-0.3, -0.25) is 67.9 Å². The number of benzene rings is 2. The minimum Gasteiger partial charge on any atom is -0.508 e. The van der Waals surface area contributed by atoms with Crippen LogP contribution in [0.2, 0.25) is 0 Å². The fourth-order valence-corrected chi connectivity index (χ4v) is 15.3. The molecule has 1 aliphatic heterocycles. The third-order valence-corrected chi connectivity index (χ3v) is 22.6. The number of rotatable bonds is 54. The second-order valence-electron chi connectivity index (χ2n) is 29.5. The zero-order chi connectivity index (χ0) is 91.6. The lowest BCUT2D eigenvalue weighted by atomic mass is 9.92. The van der Waals surface area contributed by atoms with Gasteiger partial charge in [0.25, 0.3) is 5.91 Å². The fourth-order valence-electron chi connectivity index (χ4n) is 12.4. The number of carboxylic acid groups (broad SMARTS) is 6. The quantitative estimate of drug-likeness (QED) is 0.00962. The Balaban J connectivity index is 1.29. The summed E-state index contributed by atoms with van der Waals surface area (Å²) in [6.07, 6.45) is -2.14. The lowest BCUT2D eigenvalue weighted by Crippen LogP contribution is -2.59. The number of nitrogens with zero attached hydrogens (tertiary/aromatic N) is 3. The molecule has 1 fully saturated rings. The summed E-state index contributed by atoms with van der Waals surface area (Å²) in [6.45, 7) is 11.9. The van der Waals surface area contributed by atoms with E-state index in [1.165, 1.54) is 60.5 Å². The van der Waals surface area contributed by atoms with Crippen LogP contribution in [-0.4, -0.2) is 257 Å². The number of aromatic hydroxyl groups is 1. The maximum Gasteiger partial charge on any atom is 0.426 e. The van der Waals surface area contributed by atoms with E-state index in [2.05, 4.69) is 58.4 Å². The van der Waals surface area contributed by atoms with Crippen molar-refractivity contribution in [3.05, 3.63) is 81.3 Å². The first-order chi connectivity index (χ1) is 58.2. The molecule has 0 bridgehead atoms. The highest BCUT2D eigenvalue weighted by Crippen LogP contribution is 2.33. The minimum absolute atomic E-state index is 0.00261. The number of urea groups is 2. The molecule has 680 valence electrons. The number of thiazole rings is 1. The Hall–Kier alpha value is -11.6. The summed E-state index contributed by atoms with van der Waals surface area (Å²) in [7, 11) is 3.70. The molecule has 1 aromatic heterocycles. The largest absolute Gasteiger partial charge is 0.508 e. The van der Waals surface area contributed by atoms with E-state index in [1.54, 1.807) is 19.1 Å². The van der Waals surface area contributed by atoms with Crippen LogP contribution < -0.4 is 58.7 Å². The van der Waals surface area contributed by atoms with Gasteiger partial charge in [0.15, 0.2) is 12.8 Å². The van der Waals surface area contributed by atoms with Gasteiger partial charge in [0, 0.05) is 74.2 Å². The Morgan fingerprint density at radius 1 is 0.634 bits per heavy atom. The molecule has 0 saturated carbocycles. The number of carboxylic acids is 6. The smallest absolute Gasteiger partial charge is 0.426 e. The summed E-state index contributed by atoms with van der Waals surface area (Å²) in [5.74, 6) is -18.2. The number of esters is 2. The fraction of sp³-hybridized carbons (Fsp3) is 0.577. The van der Waals surface area contributed by atoms with Crippen LogP contribution in [0.3, 0.4) is 0 Å². The Labute approximate surface area is 720 Å². The van der Waals surface area contributed by atoms with Gasteiger partial charge in [-0.25, -0.2) is 39.2 Å². The first kappa shape index (κ1) is 104. The predicted molar refractivity (Wildman–Crippen MR) is 442 cm³/mol. The van der Waals surface area contributed by atoms with Crippen LogP contribution in [0.4, 0.5) is 14.4 Å². The van der Waals surface area contributed by atoms with E-state index in [4.69, 9.17) is 19.3 Å². The summed E-state index contributed by atoms with van der Waals surface area (Å²) < 4.78 is 16.7. The van der Waals surface area contributed by atoms with Crippen LogP contribution in [0.15, 0.2) is 53.9 Å². The average molecular weight is 1790 g/mol. The number of likely N-dealkylation sites (N-methyl/N-ethyl adjacent to an activating group) is 1. The maximum absolute atomic E-state index is 15.0. The second kappa shape index (κ2) is 54.0. The SMILES string of the molecule is CCCC(=O)OCN(C(=O)[C@@H](NC(=O)[C@H]1CCCCN1C)C(C)CC)[C@H](C[C@@H](OC(C)=O)c1nc(C(=O)N[C@@H](Cc2ccc(O)cc2)C[C@H](C)C(=O)NNC(=O)OCCSSC[C@H](NC(=O)[C@H](CC(=O)O)NC(=O)[C@H](CC(=O)O)NC(=O)Cc2ccc(CNC(=O)NCCCCC(NC(=O)N[C@@H](CCC(=O)O)C(=O)O)C(=O)O)cc2)C(=O)O)cs1)C(C)C. The highest BCUT2D eigenvalue weighted by molar-refractivity contribution is 8.76. The monoisotopic (exact) mass is 1790 g/mol. The number of nitrogens with one attached hydrogen (secondary N) is 11. The number of aromatic nitrogens is 1. The molecule has 1 aliphatic rings. The van der Waals surface area contributed by atoms with E-state index >= 15 is 4.79 Å². The summed E-state index contributed by atoms with van der Waals surface area (Å²) in [4.78, 5) is 238. The molecule has 1 saturated heterocycles. The van der Waals surface area contributed by atoms with Crippen molar-refractivity contribution in [3.63, 3.8) is 0 Å². The third-order valence-electron chi connectivity index (χ3n) is 19.3. The average Bonchev–Trinajstić information content (AvgIpc) is 1.60. The number of phenolic OH excluding ortho intramolecular Hbond substituents is 1. The Bertz CT molecular complexity index is 4110. The zero-order valence-electron chi connectivity index (χ0n) is 69.4. The van der Waals surface area contributed by atoms with Crippen molar-refractivity contribution in [2.45, 2.75) is 225 Å². The van der Waals surface area contributed by atoms with Gasteiger partial charge in [0.2, 0.25) is 35.4 Å². The number of phenols is 1. The van der Waals surface area contributed by atoms with Gasteiger partial charge in [-0.1, -0.05) is 112 Å². The number of amides is 12. The first-order valence-electron chi connectivity index (χ1n) is 39.7. The Morgan fingerprint density at radius 3 is 1.83 bits per heavy atom. The zero-order valence-corrected chi connectivity index (χ0v) is 71.9. The van der Waals surface area contributed by atoms with Crippen molar-refractivity contribution in [3.8, 4) is 5.75 Å². The number of carbonyl (C=O) groups is 18. The van der Waals surface area contributed by atoms with Gasteiger partial charge < -0.3 is 103 Å². The Kier molecular flexibility index (Phi) is 45.6. The third kappa shape index (κ3) is 39.0. The van der Waals surface area contributed by atoms with Crippen molar-refractivity contribution in [1.29, 1.82) is 0 Å². The van der Waals surface area contributed by atoms with E-state index < -0.39 is 207 Å². The number of hydrogen-bond donors (Lipinski definition) is 18. The predicted octanol–water partition coefficient (Wildman–Crippen LogP) is 3.29. The maximum atomic E-state index is 15.0. The van der Waals surface area contributed by atoms with Gasteiger partial charge in [0.05, 0.1) is 25.3 Å². The van der Waals surface area contributed by atoms with Crippen LogP contribution in [0, 0.1) is 17.8 Å². The van der Waals surface area contributed by atoms with Crippen molar-refractivity contribution in [2.75, 3.05) is 45.0 Å². The molecule has 12 atom stereocenters. The minimum atomic E-state index is -2.00. The number of carbonyl (C=O) groups excluding carboxylic acids is 12. The molecule has 0 radical (unpaired) electrons. The lowest BCUT2D eigenvalue weighted by molar-refractivity contribution is -0.161. The number of likely N-dealkylation sites (tertiary alicyclic amines) is 1. The Morgan fingerprint density at radius 2 is 1.24 bits per heavy atom. The standard InChI is InChI=1S/C78H112N14O28S3/c1-9-15-64(102)119-41-92(72(108)65(43(5)10-2)88-70(107)57-17-12-14-29-91(57)8)58(42(3)4)37-59(120-45(7)93)71-85-55(39-121-71)69(106)81-49(33-46-22-24-50(94)25-23-46)32-44(6)66(103)89-90-78(117)118-30-31-122-123-40-56(75(113)114)84-68(105)54(36-63(100)101)83-67(104)53(35-62(98)99)82-60(95)34-47-18-20-48(21-19-47)38-80-76(115)79-28-13-11-16-51(73(109)110)86-77(116)87-52(74(111)112)26-27-61(96)97/h18-25,39,42-44,49,51-54,56-59,65,94H,9-17,26-38,40-41H2,1-8H3,(H,81,106)(H,82,95)(H,83,104)(H,84,105)(H,88,107)(H,89,103)(H,90,117)(H,96,97)(H,98,99)(H,100,101)(H,109,110)(H,111,112)(H,113,114)(H2,79,80,115)(H2,86,87,116)/t43?,44-,49+,51?,52-,53-,54-,56-,57+,58+,59+,65-/m0/s1. The number of hydrogen-bond acceptors (Lipinski definition) is 27. The van der Waals surface area contributed by atoms with Gasteiger partial charge in [0.1, 0.15) is 59.3 Å². The number of hydrazine groups is 1. The summed E-state index contributed by atoms with van der Waals surface area (Å²) in [5, 5.41) is 90.2. The highest BCUT2D eigenvalue weighted by Gasteiger charge is 2.41. The molecule has 2 unspecified atom stereocenters. The molecule has 12 amide bonds. The summed E-state index contributed by atoms with van der Waals surface area (Å²) in [5.41, 5.74) is 5.82. The molecule has 0 aliphatic carbocycles. The normalized spacial score (nSPS) is 15.2. The molecular formula is C78H112N14O28S3. The molecule has 3 aromatic rings. The van der Waals surface area contributed by atoms with Crippen LogP contribution in [-0.2, 0) is 101 Å². The topological polar surface area (TPSA) is 628 Å². The molecule has 45 heteroatoms. The van der Waals surface area contributed by atoms with Crippen molar-refractivity contribution >= 4 is 140 Å². The number of unbranched alkanes of at least 4 members (excludes halogenated alkanes) is 1. The van der Waals surface area contributed by atoms with E-state index in [-0.39, 0.29) is 110 Å². The van der Waals surface area contributed by atoms with E-state index in [1.807, 2.05) is 45.0 Å². The van der Waals surface area contributed by atoms with E-state index in [9.17, 15) is 112 Å². The van der Waals surface area contributed by atoms with Crippen LogP contribution in [0.5, 0.6) is 5.75 Å². The second-order valence-corrected chi connectivity index (χ2v) is 33.0. The molecule has 2 heterocycles. The van der Waals surface area contributed by atoms with Gasteiger partial charge in [-0.05, 0) is 112 Å². The van der Waals surface area contributed by atoms with Crippen LogP contribution >= 0.6 is 32.9 Å². The van der Waals surface area contributed by atoms with E-state index in [0.717, 1.165) is 45.8 Å². The van der Waals surface area contributed by atoms with E-state index in [0.29, 0.717) is 42.5 Å². The van der Waals surface area contributed by atoms with Crippen LogP contribution in [0.25, 0.3) is 0 Å². The van der Waals surface area contributed by atoms with Gasteiger partial charge in [-0.15, -0.1) is 11.3 Å². The first-order valence-corrected chi connectivity index (χ1v) is 43.1. The summed E-state index contributed by atoms with van der Waals surface area (Å²) >= 11 is 1.000. The number of aliphatic carboxylic acids is 6. The molecule has 18 N–H and O–H groups in total. The number of ether oxygens (including phenoxy) is 3. The van der Waals surface area contributed by atoms with Crippen molar-refractivity contribution < 1.29 is 136 Å². The number of piperidine rings is 1. The van der Waals surface area contributed by atoms with Crippen LogP contribution in [0.1, 0.15) is 183 Å². The summed E-state index contributed by atoms with van der Waals surface area (Å²) in [6, 6.07) is -1.38. The van der Waals surface area contributed by atoms with Gasteiger partial charge in [-0.2, -0.15) is 0 Å². The molecular weight excluding hydrogens is 1680 g/mol. The van der Waals surface area contributed by atoms with Crippen molar-refractivity contribution in [1.82, 2.24) is 73.5 Å². The lowest BCUT2D eigenvalue weighted by Gasteiger charge is -2.39. The molecule has 0 spiro atoms. The van der Waals surface area contributed by atoms with Gasteiger partial charge >= 0.3 is 65.9 Å². The molecule has 4 rings (SSSR count). The van der Waals surface area contributed by atoms with Crippen molar-refractivity contribution in [2.24, 2.45) is 17.8 Å². The molecule has 2 aromatic carbocycles. The molecule has 123 heavy (non-hydrogen) atoms. The highest BCUT2D eigenvalue weighted by atomic mass is 33.1. The molecule has 42 nitrogen and oxygen atoms in total.